The van der Waals surface area contributed by atoms with Crippen molar-refractivity contribution in [2.75, 3.05) is 31.4 Å². The van der Waals surface area contributed by atoms with E-state index in [1.165, 1.54) is 13.4 Å². The minimum absolute atomic E-state index is 0.00685. The Morgan fingerprint density at radius 1 is 1.32 bits per heavy atom. The number of nitrogens with zero attached hydrogens (tertiary/aromatic N) is 5. The van der Waals surface area contributed by atoms with E-state index >= 15 is 0 Å². The molecule has 9 heteroatoms. The summed E-state index contributed by atoms with van der Waals surface area (Å²) in [6.45, 7) is 1.31. The number of nitrogens with one attached hydrogen (secondary N) is 1. The van der Waals surface area contributed by atoms with Crippen LogP contribution >= 0.6 is 11.6 Å². The van der Waals surface area contributed by atoms with E-state index in [0.29, 0.717) is 23.8 Å². The molecule has 0 bridgehead atoms. The van der Waals surface area contributed by atoms with E-state index in [1.807, 2.05) is 18.2 Å². The number of piperidine rings is 1. The minimum Gasteiger partial charge on any atom is -0.480 e. The molecule has 1 fully saturated rings. The van der Waals surface area contributed by atoms with Gasteiger partial charge < -0.3 is 15.0 Å². The number of alkyl halides is 1. The second-order valence-corrected chi connectivity index (χ2v) is 7.57. The van der Waals surface area contributed by atoms with E-state index in [1.54, 1.807) is 17.2 Å². The molecule has 8 nitrogen and oxygen atoms in total. The van der Waals surface area contributed by atoms with Crippen molar-refractivity contribution < 1.29 is 9.53 Å². The van der Waals surface area contributed by atoms with Crippen LogP contribution in [0.15, 0.2) is 36.8 Å². The highest BCUT2D eigenvalue weighted by Gasteiger charge is 2.23. The molecule has 31 heavy (non-hydrogen) atoms. The van der Waals surface area contributed by atoms with Crippen molar-refractivity contribution in [3.63, 3.8) is 0 Å². The number of halogens is 1. The average Bonchev–Trinajstić information content (AvgIpc) is 2.83. The Balaban J connectivity index is 1.65. The first kappa shape index (κ1) is 20.8. The maximum absolute atomic E-state index is 12.0. The first-order valence-electron chi connectivity index (χ1n) is 9.92. The van der Waals surface area contributed by atoms with Crippen molar-refractivity contribution >= 4 is 34.2 Å². The third kappa shape index (κ3) is 4.37. The summed E-state index contributed by atoms with van der Waals surface area (Å²) < 4.78 is 5.13. The van der Waals surface area contributed by atoms with Crippen LogP contribution < -0.4 is 10.1 Å². The fourth-order valence-electron chi connectivity index (χ4n) is 3.80. The van der Waals surface area contributed by atoms with Crippen molar-refractivity contribution in [2.45, 2.75) is 18.9 Å². The number of likely N-dealkylation sites (tertiary alicyclic amines) is 1. The summed E-state index contributed by atoms with van der Waals surface area (Å²) in [5, 5.41) is 13.7. The summed E-state index contributed by atoms with van der Waals surface area (Å²) in [7, 11) is 1.49. The third-order valence-electron chi connectivity index (χ3n) is 5.36. The molecule has 1 atom stereocenters. The van der Waals surface area contributed by atoms with Crippen molar-refractivity contribution in [1.82, 2.24) is 19.9 Å². The molecule has 1 aromatic carbocycles. The predicted molar refractivity (Wildman–Crippen MR) is 118 cm³/mol. The number of pyridine rings is 1. The molecule has 0 saturated carbocycles. The van der Waals surface area contributed by atoms with Crippen LogP contribution in [0.5, 0.6) is 5.88 Å². The van der Waals surface area contributed by atoms with Gasteiger partial charge in [0.15, 0.2) is 0 Å². The molecule has 1 aliphatic rings. The van der Waals surface area contributed by atoms with E-state index in [-0.39, 0.29) is 17.8 Å². The van der Waals surface area contributed by atoms with Crippen LogP contribution in [0.25, 0.3) is 22.0 Å². The smallest absolute Gasteiger partial charge is 0.237 e. The van der Waals surface area contributed by atoms with E-state index in [9.17, 15) is 10.1 Å². The topological polar surface area (TPSA) is 104 Å². The molecule has 1 aliphatic heterocycles. The lowest BCUT2D eigenvalue weighted by atomic mass is 10.0. The standard InChI is InChI=1S/C22H21ClN6O2/c1-31-22-15(10-24)7-16(11-25-22)14-4-5-19-18(8-14)21(27-13-26-19)28-17-3-2-6-29(12-17)20(30)9-23/h4-5,7-8,11,13,17H,2-3,6,9,12H2,1H3,(H,26,27,28)/t17-/m0/s1. The van der Waals surface area contributed by atoms with E-state index in [4.69, 9.17) is 16.3 Å². The highest BCUT2D eigenvalue weighted by atomic mass is 35.5. The first-order chi connectivity index (χ1) is 15.1. The van der Waals surface area contributed by atoms with Gasteiger partial charge >= 0.3 is 0 Å². The molecule has 0 aliphatic carbocycles. The van der Waals surface area contributed by atoms with Crippen molar-refractivity contribution in [2.24, 2.45) is 0 Å². The summed E-state index contributed by atoms with van der Waals surface area (Å²) in [6, 6.07) is 9.77. The molecule has 0 radical (unpaired) electrons. The lowest BCUT2D eigenvalue weighted by molar-refractivity contribution is -0.129. The van der Waals surface area contributed by atoms with Crippen LogP contribution in [0.3, 0.4) is 0 Å². The summed E-state index contributed by atoms with van der Waals surface area (Å²) in [5.74, 6) is 0.945. The van der Waals surface area contributed by atoms with Crippen LogP contribution in [0.4, 0.5) is 5.82 Å². The highest BCUT2D eigenvalue weighted by Crippen LogP contribution is 2.29. The van der Waals surface area contributed by atoms with E-state index < -0.39 is 0 Å². The molecular weight excluding hydrogens is 416 g/mol. The van der Waals surface area contributed by atoms with Gasteiger partial charge in [0.05, 0.1) is 12.6 Å². The number of nitriles is 1. The fourth-order valence-corrected chi connectivity index (χ4v) is 3.97. The van der Waals surface area contributed by atoms with Crippen molar-refractivity contribution in [3.8, 4) is 23.1 Å². The summed E-state index contributed by atoms with van der Waals surface area (Å²) in [4.78, 5) is 26.8. The van der Waals surface area contributed by atoms with Crippen LogP contribution in [0, 0.1) is 11.3 Å². The van der Waals surface area contributed by atoms with Gasteiger partial charge in [-0.2, -0.15) is 5.26 Å². The molecule has 3 heterocycles. The SMILES string of the molecule is COc1ncc(-c2ccc3ncnc(N[C@H]4CCCN(C(=O)CCl)C4)c3c2)cc1C#N. The minimum atomic E-state index is -0.0525. The third-order valence-corrected chi connectivity index (χ3v) is 5.59. The second kappa shape index (κ2) is 9.14. The van der Waals surface area contributed by atoms with Crippen molar-refractivity contribution in [3.05, 3.63) is 42.4 Å². The maximum atomic E-state index is 12.0. The zero-order valence-corrected chi connectivity index (χ0v) is 17.8. The van der Waals surface area contributed by atoms with Crippen LogP contribution in [0.2, 0.25) is 0 Å². The molecule has 4 rings (SSSR count). The maximum Gasteiger partial charge on any atom is 0.237 e. The number of ether oxygens (including phenoxy) is 1. The summed E-state index contributed by atoms with van der Waals surface area (Å²) >= 11 is 5.72. The van der Waals surface area contributed by atoms with Gasteiger partial charge in [-0.1, -0.05) is 6.07 Å². The predicted octanol–water partition coefficient (Wildman–Crippen LogP) is 3.21. The zero-order chi connectivity index (χ0) is 21.8. The number of fused-ring (bicyclic) bond motifs is 1. The Hall–Kier alpha value is -3.44. The van der Waals surface area contributed by atoms with E-state index in [2.05, 4.69) is 26.3 Å². The van der Waals surface area contributed by atoms with Gasteiger partial charge in [-0.05, 0) is 36.6 Å². The number of hydrogen-bond donors (Lipinski definition) is 1. The Labute approximate surface area is 184 Å². The van der Waals surface area contributed by atoms with E-state index in [0.717, 1.165) is 41.4 Å². The summed E-state index contributed by atoms with van der Waals surface area (Å²) in [5.41, 5.74) is 2.85. The largest absolute Gasteiger partial charge is 0.480 e. The zero-order valence-electron chi connectivity index (χ0n) is 17.0. The quantitative estimate of drug-likeness (QED) is 0.612. The molecular formula is C22H21ClN6O2. The van der Waals surface area contributed by atoms with Gasteiger partial charge in [0.25, 0.3) is 0 Å². The Bertz CT molecular complexity index is 1160. The highest BCUT2D eigenvalue weighted by molar-refractivity contribution is 6.27. The lowest BCUT2D eigenvalue weighted by Gasteiger charge is -2.33. The van der Waals surface area contributed by atoms with Crippen LogP contribution in [-0.4, -0.2) is 57.9 Å². The lowest BCUT2D eigenvalue weighted by Crippen LogP contribution is -2.45. The molecule has 1 saturated heterocycles. The number of amides is 1. The second-order valence-electron chi connectivity index (χ2n) is 7.30. The Kier molecular flexibility index (Phi) is 6.14. The fraction of sp³-hybridized carbons (Fsp3) is 0.318. The molecule has 158 valence electrons. The van der Waals surface area contributed by atoms with Gasteiger partial charge in [0.1, 0.15) is 29.7 Å². The van der Waals surface area contributed by atoms with Crippen molar-refractivity contribution in [1.29, 1.82) is 5.26 Å². The van der Waals surface area contributed by atoms with Gasteiger partial charge in [-0.3, -0.25) is 4.79 Å². The number of carbonyl (C=O) groups is 1. The van der Waals surface area contributed by atoms with Gasteiger partial charge in [-0.15, -0.1) is 11.6 Å². The number of benzene rings is 1. The molecule has 0 spiro atoms. The molecule has 2 aromatic heterocycles. The normalized spacial score (nSPS) is 16.0. The first-order valence-corrected chi connectivity index (χ1v) is 10.5. The number of hydrogen-bond acceptors (Lipinski definition) is 7. The number of aromatic nitrogens is 3. The number of rotatable bonds is 5. The molecule has 1 N–H and O–H groups in total. The molecule has 1 amide bonds. The van der Waals surface area contributed by atoms with Gasteiger partial charge in [0, 0.05) is 36.3 Å². The Morgan fingerprint density at radius 3 is 2.97 bits per heavy atom. The summed E-state index contributed by atoms with van der Waals surface area (Å²) in [6.07, 6.45) is 5.04. The Morgan fingerprint density at radius 2 is 2.19 bits per heavy atom. The number of carbonyl (C=O) groups excluding carboxylic acids is 1. The number of anilines is 1. The molecule has 3 aromatic rings. The molecule has 0 unspecified atom stereocenters. The monoisotopic (exact) mass is 436 g/mol. The average molecular weight is 437 g/mol. The van der Waals surface area contributed by atoms with Crippen LogP contribution in [-0.2, 0) is 4.79 Å². The van der Waals surface area contributed by atoms with Gasteiger partial charge in [-0.25, -0.2) is 15.0 Å². The number of methoxy groups -OCH3 is 1. The van der Waals surface area contributed by atoms with Gasteiger partial charge in [0.2, 0.25) is 11.8 Å². The van der Waals surface area contributed by atoms with Crippen LogP contribution in [0.1, 0.15) is 18.4 Å².